The molecule has 0 radical (unpaired) electrons. The summed E-state index contributed by atoms with van der Waals surface area (Å²) in [7, 11) is 0. The third kappa shape index (κ3) is 3.25. The first-order valence-electron chi connectivity index (χ1n) is 7.79. The van der Waals surface area contributed by atoms with Crippen molar-refractivity contribution in [1.29, 1.82) is 0 Å². The van der Waals surface area contributed by atoms with Crippen molar-refractivity contribution >= 4 is 33.3 Å². The molecule has 0 saturated heterocycles. The first-order valence-corrected chi connectivity index (χ1v) is 9.59. The van der Waals surface area contributed by atoms with E-state index in [4.69, 9.17) is 9.40 Å². The van der Waals surface area contributed by atoms with Crippen LogP contribution in [0.3, 0.4) is 0 Å². The van der Waals surface area contributed by atoms with Crippen LogP contribution in [-0.4, -0.2) is 19.7 Å². The number of thiophene rings is 1. The van der Waals surface area contributed by atoms with Crippen molar-refractivity contribution in [2.45, 2.75) is 52.1 Å². The van der Waals surface area contributed by atoms with Crippen LogP contribution < -0.4 is 5.56 Å². The minimum absolute atomic E-state index is 0.0414. The number of nitrogens with zero attached hydrogens (tertiary/aromatic N) is 4. The van der Waals surface area contributed by atoms with E-state index in [2.05, 4.69) is 24.0 Å². The predicted octanol–water partition coefficient (Wildman–Crippen LogP) is 3.71. The van der Waals surface area contributed by atoms with Crippen molar-refractivity contribution in [3.05, 3.63) is 32.6 Å². The van der Waals surface area contributed by atoms with E-state index < -0.39 is 0 Å². The van der Waals surface area contributed by atoms with E-state index in [1.807, 2.05) is 13.8 Å². The quantitative estimate of drug-likeness (QED) is 0.507. The molecule has 128 valence electrons. The van der Waals surface area contributed by atoms with Gasteiger partial charge in [0, 0.05) is 18.3 Å². The lowest BCUT2D eigenvalue weighted by Gasteiger charge is -2.13. The molecule has 3 heterocycles. The van der Waals surface area contributed by atoms with E-state index in [-0.39, 0.29) is 5.56 Å². The van der Waals surface area contributed by atoms with Crippen molar-refractivity contribution in [3.8, 4) is 0 Å². The Labute approximate surface area is 148 Å². The van der Waals surface area contributed by atoms with Crippen LogP contribution >= 0.6 is 23.1 Å². The lowest BCUT2D eigenvalue weighted by Crippen LogP contribution is -2.25. The molecule has 0 aromatic carbocycles. The van der Waals surface area contributed by atoms with E-state index in [1.165, 1.54) is 11.8 Å². The van der Waals surface area contributed by atoms with Gasteiger partial charge in [-0.2, -0.15) is 0 Å². The molecular formula is C16H20N4O2S2. The smallest absolute Gasteiger partial charge is 0.263 e. The summed E-state index contributed by atoms with van der Waals surface area (Å²) in [4.78, 5) is 19.7. The second-order valence-electron chi connectivity index (χ2n) is 6.17. The molecular weight excluding hydrogens is 344 g/mol. The second kappa shape index (κ2) is 6.68. The summed E-state index contributed by atoms with van der Waals surface area (Å²) in [6.07, 6.45) is 0. The van der Waals surface area contributed by atoms with Crippen LogP contribution in [0.15, 0.2) is 14.4 Å². The Balaban J connectivity index is 2.05. The molecule has 0 aliphatic rings. The zero-order valence-electron chi connectivity index (χ0n) is 14.4. The molecule has 3 aromatic rings. The van der Waals surface area contributed by atoms with Crippen LogP contribution in [0.5, 0.6) is 0 Å². The van der Waals surface area contributed by atoms with Crippen LogP contribution in [-0.2, 0) is 12.3 Å². The number of hydrogen-bond donors (Lipinski definition) is 0. The van der Waals surface area contributed by atoms with Crippen molar-refractivity contribution in [2.75, 3.05) is 0 Å². The fourth-order valence-corrected chi connectivity index (χ4v) is 4.38. The number of rotatable bonds is 5. The summed E-state index contributed by atoms with van der Waals surface area (Å²) in [6.45, 7) is 10.6. The molecule has 0 spiro atoms. The van der Waals surface area contributed by atoms with Crippen LogP contribution in [0.2, 0.25) is 0 Å². The molecule has 0 amide bonds. The zero-order valence-corrected chi connectivity index (χ0v) is 16.0. The molecule has 3 rings (SSSR count). The fourth-order valence-electron chi connectivity index (χ4n) is 2.47. The first kappa shape index (κ1) is 17.2. The molecule has 0 bridgehead atoms. The highest BCUT2D eigenvalue weighted by Crippen LogP contribution is 2.29. The molecule has 0 aliphatic heterocycles. The van der Waals surface area contributed by atoms with Crippen molar-refractivity contribution in [2.24, 2.45) is 5.92 Å². The van der Waals surface area contributed by atoms with Crippen LogP contribution in [0.25, 0.3) is 10.2 Å². The minimum atomic E-state index is 0.0414. The predicted molar refractivity (Wildman–Crippen MR) is 96.8 cm³/mol. The van der Waals surface area contributed by atoms with Gasteiger partial charge in [-0.05, 0) is 25.3 Å². The summed E-state index contributed by atoms with van der Waals surface area (Å²) in [5.41, 5.74) is 1.08. The fraction of sp³-hybridized carbons (Fsp3) is 0.500. The van der Waals surface area contributed by atoms with Crippen molar-refractivity contribution in [3.63, 3.8) is 0 Å². The molecule has 0 aliphatic carbocycles. The van der Waals surface area contributed by atoms with E-state index in [1.54, 1.807) is 22.8 Å². The Hall–Kier alpha value is -1.67. The molecule has 0 saturated carbocycles. The summed E-state index contributed by atoms with van der Waals surface area (Å²) in [5, 5.41) is 9.29. The number of aryl methyl sites for hydroxylation is 3. The Kier molecular flexibility index (Phi) is 4.78. The maximum atomic E-state index is 13.0. The van der Waals surface area contributed by atoms with Gasteiger partial charge in [0.2, 0.25) is 11.8 Å². The summed E-state index contributed by atoms with van der Waals surface area (Å²) >= 11 is 3.03. The molecule has 3 aromatic heterocycles. The zero-order chi connectivity index (χ0) is 17.4. The van der Waals surface area contributed by atoms with Gasteiger partial charge in [-0.3, -0.25) is 9.36 Å². The highest BCUT2D eigenvalue weighted by molar-refractivity contribution is 7.98. The van der Waals surface area contributed by atoms with Gasteiger partial charge in [-0.15, -0.1) is 21.5 Å². The van der Waals surface area contributed by atoms with Crippen LogP contribution in [0.4, 0.5) is 0 Å². The molecule has 0 N–H and O–H groups in total. The molecule has 6 nitrogen and oxygen atoms in total. The van der Waals surface area contributed by atoms with Gasteiger partial charge in [-0.1, -0.05) is 25.6 Å². The number of aromatic nitrogens is 4. The van der Waals surface area contributed by atoms with Crippen molar-refractivity contribution < 1.29 is 4.42 Å². The van der Waals surface area contributed by atoms with Crippen LogP contribution in [0.1, 0.15) is 36.1 Å². The summed E-state index contributed by atoms with van der Waals surface area (Å²) in [5.74, 6) is 1.94. The Bertz CT molecular complexity index is 940. The topological polar surface area (TPSA) is 73.8 Å². The van der Waals surface area contributed by atoms with Gasteiger partial charge in [0.05, 0.1) is 11.1 Å². The molecule has 0 atom stereocenters. The van der Waals surface area contributed by atoms with E-state index in [9.17, 15) is 4.79 Å². The van der Waals surface area contributed by atoms with Gasteiger partial charge < -0.3 is 4.42 Å². The highest BCUT2D eigenvalue weighted by Gasteiger charge is 2.18. The number of fused-ring (bicyclic) bond motifs is 1. The number of thioether (sulfide) groups is 1. The van der Waals surface area contributed by atoms with Gasteiger partial charge >= 0.3 is 0 Å². The van der Waals surface area contributed by atoms with Gasteiger partial charge in [-0.25, -0.2) is 4.98 Å². The van der Waals surface area contributed by atoms with E-state index in [0.29, 0.717) is 35.2 Å². The molecule has 8 heteroatoms. The van der Waals surface area contributed by atoms with Crippen LogP contribution in [0, 0.1) is 26.7 Å². The summed E-state index contributed by atoms with van der Waals surface area (Å²) in [6, 6.07) is 0. The average molecular weight is 364 g/mol. The molecule has 0 unspecified atom stereocenters. The lowest BCUT2D eigenvalue weighted by atomic mass is 10.2. The van der Waals surface area contributed by atoms with Crippen molar-refractivity contribution in [1.82, 2.24) is 19.7 Å². The van der Waals surface area contributed by atoms with Gasteiger partial charge in [0.1, 0.15) is 4.83 Å². The largest absolute Gasteiger partial charge is 0.425 e. The Morgan fingerprint density at radius 1 is 1.25 bits per heavy atom. The standard InChI is InChI=1S/C16H20N4O2S2/c1-8(2)6-20-15(21)13-9(3)10(4)24-14(13)17-16(20)23-7-12-19-18-11(5)22-12/h8H,6-7H2,1-5H3. The highest BCUT2D eigenvalue weighted by atomic mass is 32.2. The molecule has 0 fully saturated rings. The first-order chi connectivity index (χ1) is 11.4. The van der Waals surface area contributed by atoms with Gasteiger partial charge in [0.15, 0.2) is 5.16 Å². The maximum absolute atomic E-state index is 13.0. The maximum Gasteiger partial charge on any atom is 0.263 e. The van der Waals surface area contributed by atoms with Gasteiger partial charge in [0.25, 0.3) is 5.56 Å². The second-order valence-corrected chi connectivity index (χ2v) is 8.32. The Morgan fingerprint density at radius 2 is 2.00 bits per heavy atom. The summed E-state index contributed by atoms with van der Waals surface area (Å²) < 4.78 is 7.19. The molecule has 24 heavy (non-hydrogen) atoms. The monoisotopic (exact) mass is 364 g/mol. The van der Waals surface area contributed by atoms with E-state index in [0.717, 1.165) is 20.7 Å². The normalized spacial score (nSPS) is 11.8. The Morgan fingerprint density at radius 3 is 2.62 bits per heavy atom. The third-order valence-electron chi connectivity index (χ3n) is 3.69. The average Bonchev–Trinajstić information content (AvgIpc) is 3.04. The SMILES string of the molecule is Cc1nnc(CSc2nc3sc(C)c(C)c3c(=O)n2CC(C)C)o1. The van der Waals surface area contributed by atoms with E-state index >= 15 is 0 Å². The lowest BCUT2D eigenvalue weighted by molar-refractivity contribution is 0.473. The minimum Gasteiger partial charge on any atom is -0.425 e. The third-order valence-corrected chi connectivity index (χ3v) is 5.76. The number of hydrogen-bond acceptors (Lipinski definition) is 7.